The normalized spacial score (nSPS) is 17.5. The molecule has 25 heteroatoms. The summed E-state index contributed by atoms with van der Waals surface area (Å²) >= 11 is 0. The van der Waals surface area contributed by atoms with Gasteiger partial charge in [-0.25, -0.2) is 0 Å². The van der Waals surface area contributed by atoms with Crippen LogP contribution in [0.15, 0.2) is 0 Å². The second kappa shape index (κ2) is 58.7. The molecule has 1 fully saturated rings. The van der Waals surface area contributed by atoms with Gasteiger partial charge in [-0.1, -0.05) is 0 Å². The maximum Gasteiger partial charge on any atom is 1.00 e. The van der Waals surface area contributed by atoms with Crippen LogP contribution < -0.4 is 109 Å². The van der Waals surface area contributed by atoms with Crippen molar-refractivity contribution >= 4 is 51.6 Å². The zero-order chi connectivity index (χ0) is 45.1. The molecule has 0 aromatic carbocycles. The summed E-state index contributed by atoms with van der Waals surface area (Å²) in [5, 5.41) is 43.5. The molecule has 20 nitrogen and oxygen atoms in total. The van der Waals surface area contributed by atoms with Gasteiger partial charge in [0.1, 0.15) is 0 Å². The predicted octanol–water partition coefficient (Wildman–Crippen LogP) is -16.5. The van der Waals surface area contributed by atoms with E-state index in [0.717, 1.165) is 27.4 Å². The Morgan fingerprint density at radius 2 is 1.21 bits per heavy atom. The summed E-state index contributed by atoms with van der Waals surface area (Å²) < 4.78 is 133. The van der Waals surface area contributed by atoms with Gasteiger partial charge in [0.25, 0.3) is 0 Å². The third-order valence-electron chi connectivity index (χ3n) is 2.51. The smallest absolute Gasteiger partial charge is 1.00 e. The Kier molecular flexibility index (Phi) is 50.4. The summed E-state index contributed by atoms with van der Waals surface area (Å²) in [7, 11) is -2.79. The minimum absolute atomic E-state index is 0. The number of carboxylic acid groups (broad SMARTS) is 2. The van der Waals surface area contributed by atoms with Gasteiger partial charge < -0.3 is 66.3 Å². The van der Waals surface area contributed by atoms with E-state index < -0.39 is 99.6 Å². The predicted molar refractivity (Wildman–Crippen MR) is 158 cm³/mol. The number of aliphatic hydroxyl groups excluding tert-OH is 2. The molecule has 268 valence electrons. The third kappa shape index (κ3) is 113. The zero-order valence-electron chi connectivity index (χ0n) is 39.8. The first kappa shape index (κ1) is 40.3. The van der Waals surface area contributed by atoms with E-state index in [4.69, 9.17) is 48.9 Å². The Labute approximate surface area is 362 Å². The number of carbonyl (C=O) groups excluding carboxylic acids is 4. The van der Waals surface area contributed by atoms with Crippen LogP contribution in [0.25, 0.3) is 0 Å². The molecule has 0 radical (unpaired) electrons. The van der Waals surface area contributed by atoms with E-state index in [9.17, 15) is 29.4 Å². The number of nitrogens with one attached hydrogen (secondary N) is 4. The van der Waals surface area contributed by atoms with Crippen LogP contribution in [0, 0.1) is 0 Å². The van der Waals surface area contributed by atoms with Crippen molar-refractivity contribution in [1.82, 2.24) is 21.3 Å². The number of carbonyl (C=O) groups is 4. The standard InChI is InChI=1S/C6H11NO4.C4H7NO4.C4H11NO2.C4H9NO.C4H10O.Al.Li.2Na.H2O4S.4H/c1-10-5(8)3-7-4-6(9)11-2;6-3(7)1-5-2-4(8)9;6-3-1-5-2-4-7;1-3-6-4-2-5-1;1-3-5-4-2;;;;;1-5(2,3)4;;;;/h7H,3-4H2,1-2H3;5H,1-2H2,(H,6,7)(H,8,9);5-7H,1-4H2;5H,1-4H2;3-4H2,1-2H3;;;;;(H2,1,2,3,4);;;;/q;;;;;;3*+1;;;;;-1/p-2/i3D2,4D2;;2*1D2,2D2;;;;;;;;;;. The maximum absolute atomic E-state index is 10.8. The fraction of sp³-hybridized carbons (Fsp3) is 0.818. The summed E-state index contributed by atoms with van der Waals surface area (Å²) in [6.07, 6.45) is 0. The minimum Gasteiger partial charge on any atom is -1.00 e. The molecule has 1 aliphatic heterocycles. The van der Waals surface area contributed by atoms with Crippen molar-refractivity contribution in [3.05, 3.63) is 0 Å². The van der Waals surface area contributed by atoms with Crippen molar-refractivity contribution in [1.29, 1.82) is 0 Å². The van der Waals surface area contributed by atoms with E-state index in [-0.39, 0.29) is 110 Å². The van der Waals surface area contributed by atoms with Crippen molar-refractivity contribution < 1.29 is 172 Å². The minimum atomic E-state index is -4.67. The number of ether oxygens (including phenoxy) is 4. The summed E-state index contributed by atoms with van der Waals surface area (Å²) in [4.78, 5) is 40.9. The van der Waals surface area contributed by atoms with Crippen LogP contribution in [0.1, 0.15) is 31.7 Å². The van der Waals surface area contributed by atoms with E-state index in [1.54, 1.807) is 10.6 Å². The molecule has 0 aliphatic carbocycles. The first-order chi connectivity index (χ1) is 24.5. The van der Waals surface area contributed by atoms with Crippen molar-refractivity contribution in [3.8, 4) is 0 Å². The van der Waals surface area contributed by atoms with Gasteiger partial charge in [-0.2, -0.15) is 8.42 Å². The molecular formula is C22H52AlLiN4Na2O16S. The molecule has 47 heavy (non-hydrogen) atoms. The average Bonchev–Trinajstić information content (AvgIpc) is 2.98. The quantitative estimate of drug-likeness (QED) is 0.0464. The number of hydrogen-bond donors (Lipinski definition) is 8. The molecule has 0 aromatic heterocycles. The van der Waals surface area contributed by atoms with Crippen LogP contribution >= 0.6 is 0 Å². The van der Waals surface area contributed by atoms with E-state index in [0.29, 0.717) is 0 Å². The Hall–Kier alpha value is 0.560. The molecule has 0 amide bonds. The van der Waals surface area contributed by atoms with E-state index >= 15 is 0 Å². The van der Waals surface area contributed by atoms with E-state index in [1.807, 2.05) is 13.8 Å². The van der Waals surface area contributed by atoms with Crippen molar-refractivity contribution in [2.24, 2.45) is 0 Å². The number of methoxy groups -OCH3 is 2. The molecule has 0 atom stereocenters. The fourth-order valence-corrected chi connectivity index (χ4v) is 1.14. The second-order valence-electron chi connectivity index (χ2n) is 5.70. The number of carboxylic acids is 2. The first-order valence-corrected chi connectivity index (χ1v) is 12.6. The van der Waals surface area contributed by atoms with E-state index in [2.05, 4.69) is 24.8 Å². The van der Waals surface area contributed by atoms with Gasteiger partial charge in [0, 0.05) is 63.3 Å². The molecule has 1 saturated heterocycles. The van der Waals surface area contributed by atoms with Crippen molar-refractivity contribution in [2.75, 3.05) is 106 Å². The van der Waals surface area contributed by atoms with Gasteiger partial charge in [-0.3, -0.25) is 24.0 Å². The number of esters is 2. The summed E-state index contributed by atoms with van der Waals surface area (Å²) in [6.45, 7) is -10.6. The molecule has 0 saturated carbocycles. The summed E-state index contributed by atoms with van der Waals surface area (Å²) in [5.41, 5.74) is 0. The van der Waals surface area contributed by atoms with Crippen molar-refractivity contribution in [2.45, 2.75) is 13.8 Å². The largest absolute Gasteiger partial charge is 1.00 e. The number of hydrogen-bond acceptors (Lipinski definition) is 18. The number of morpholine rings is 1. The van der Waals surface area contributed by atoms with Gasteiger partial charge in [-0.05, 0) is 13.8 Å². The molecule has 1 aliphatic rings. The average molecular weight is 753 g/mol. The van der Waals surface area contributed by atoms with Crippen LogP contribution in [-0.2, 0) is 48.5 Å². The zero-order valence-corrected chi connectivity index (χ0v) is 31.6. The number of rotatable bonds is 14. The van der Waals surface area contributed by atoms with Crippen LogP contribution in [0.3, 0.4) is 0 Å². The molecule has 0 unspecified atom stereocenters. The van der Waals surface area contributed by atoms with Gasteiger partial charge >= 0.3 is 100 Å². The number of aliphatic carboxylic acids is 2. The topological polar surface area (TPSA) is 314 Å². The summed E-state index contributed by atoms with van der Waals surface area (Å²) in [6, 6.07) is 0. The van der Waals surface area contributed by atoms with E-state index in [1.165, 1.54) is 0 Å². The van der Waals surface area contributed by atoms with Crippen LogP contribution in [0.4, 0.5) is 0 Å². The van der Waals surface area contributed by atoms with Gasteiger partial charge in [0.15, 0.2) is 17.4 Å². The Morgan fingerprint density at radius 3 is 1.40 bits per heavy atom. The third-order valence-corrected chi connectivity index (χ3v) is 2.51. The molecule has 1 rings (SSSR count). The number of aliphatic hydroxyl groups is 2. The summed E-state index contributed by atoms with van der Waals surface area (Å²) in [5.74, 6) is -5.35. The Morgan fingerprint density at radius 1 is 0.872 bits per heavy atom. The van der Waals surface area contributed by atoms with Gasteiger partial charge in [0.2, 0.25) is 0 Å². The monoisotopic (exact) mass is 752 g/mol. The Bertz CT molecular complexity index is 1170. The second-order valence-corrected chi connectivity index (χ2v) is 6.60. The molecule has 0 bridgehead atoms. The molecule has 0 spiro atoms. The first-order valence-electron chi connectivity index (χ1n) is 17.2. The SMILES string of the molecule is CCOCC.O=C([O-])CNCC(=O)[O-].O=S(=O)(O)O.[2H]C([2H])(CO)NC([2H])([2H])CO.[2H]C([2H])(NC([2H])([2H])C(=O)OC)C(=O)OC.[2H]C1([2H])COCC([2H])([2H])N1.[AlH3].[H-].[Li+].[Na+].[Na+]. The molecule has 1 heterocycles. The van der Waals surface area contributed by atoms with Crippen LogP contribution in [-0.4, -0.2) is 175 Å². The molecule has 8 N–H and O–H groups in total. The molecular weight excluding hydrogens is 688 g/mol. The van der Waals surface area contributed by atoms with Crippen LogP contribution in [0.5, 0.6) is 0 Å². The molecule has 0 aromatic rings. The fourth-order valence-electron chi connectivity index (χ4n) is 1.14. The van der Waals surface area contributed by atoms with Gasteiger partial charge in [0.05, 0.1) is 71.1 Å². The Balaban J connectivity index is -0.0000000636. The van der Waals surface area contributed by atoms with Gasteiger partial charge in [-0.15, -0.1) is 0 Å². The van der Waals surface area contributed by atoms with Crippen molar-refractivity contribution in [3.63, 3.8) is 0 Å². The van der Waals surface area contributed by atoms with Crippen LogP contribution in [0.2, 0.25) is 0 Å². The maximum atomic E-state index is 10.8.